The van der Waals surface area contributed by atoms with Gasteiger partial charge >= 0.3 is 6.20 Å². The second-order valence-electron chi connectivity index (χ2n) is 3.45. The third-order valence-corrected chi connectivity index (χ3v) is 2.47. The monoisotopic (exact) mass is 215 g/mol. The molecule has 0 saturated carbocycles. The SMILES string of the molecule is N#[N+]/C=C(\O)C1=NNCC1c1ccccc1. The second kappa shape index (κ2) is 4.45. The van der Waals surface area contributed by atoms with Crippen LogP contribution in [0.4, 0.5) is 0 Å². The molecule has 0 radical (unpaired) electrons. The van der Waals surface area contributed by atoms with E-state index in [0.29, 0.717) is 12.3 Å². The molecular formula is C11H11N4O+. The molecular weight excluding hydrogens is 204 g/mol. The summed E-state index contributed by atoms with van der Waals surface area (Å²) in [6.07, 6.45) is 0.974. The Kier molecular flexibility index (Phi) is 2.83. The summed E-state index contributed by atoms with van der Waals surface area (Å²) in [4.78, 5) is 2.79. The average Bonchev–Trinajstić information content (AvgIpc) is 2.79. The number of allylic oxidation sites excluding steroid dienone is 1. The highest BCUT2D eigenvalue weighted by Crippen LogP contribution is 2.23. The fourth-order valence-corrected chi connectivity index (χ4v) is 1.71. The van der Waals surface area contributed by atoms with Gasteiger partial charge < -0.3 is 10.5 Å². The van der Waals surface area contributed by atoms with E-state index in [4.69, 9.17) is 5.39 Å². The van der Waals surface area contributed by atoms with Crippen molar-refractivity contribution in [2.75, 3.05) is 6.54 Å². The molecule has 1 aromatic rings. The van der Waals surface area contributed by atoms with E-state index in [1.165, 1.54) is 0 Å². The molecule has 1 heterocycles. The smallest absolute Gasteiger partial charge is 0.393 e. The molecule has 2 N–H and O–H groups in total. The first-order valence-electron chi connectivity index (χ1n) is 4.92. The molecule has 0 aliphatic carbocycles. The first-order chi connectivity index (χ1) is 7.83. The standard InChI is InChI=1S/C11H10N4O/c12-13-7-10(16)11-9(6-14-15-11)8-4-2-1-3-5-8/h1-5,7,9,14H,6H2/p+1/b10-7-. The third-order valence-electron chi connectivity index (χ3n) is 2.47. The zero-order valence-corrected chi connectivity index (χ0v) is 8.54. The molecule has 0 saturated heterocycles. The summed E-state index contributed by atoms with van der Waals surface area (Å²) >= 11 is 0. The second-order valence-corrected chi connectivity index (χ2v) is 3.45. The van der Waals surface area contributed by atoms with Crippen LogP contribution in [0.3, 0.4) is 0 Å². The quantitative estimate of drug-likeness (QED) is 0.585. The molecule has 2 rings (SSSR count). The number of hydrazone groups is 1. The molecule has 1 aliphatic heterocycles. The predicted octanol–water partition coefficient (Wildman–Crippen LogP) is 1.98. The molecule has 0 aromatic heterocycles. The van der Waals surface area contributed by atoms with Crippen molar-refractivity contribution in [3.63, 3.8) is 0 Å². The van der Waals surface area contributed by atoms with Crippen molar-refractivity contribution in [2.24, 2.45) is 5.10 Å². The minimum atomic E-state index is -0.124. The molecule has 80 valence electrons. The summed E-state index contributed by atoms with van der Waals surface area (Å²) in [6.45, 7) is 0.628. The van der Waals surface area contributed by atoms with Gasteiger partial charge in [-0.05, 0) is 5.56 Å². The number of hydrogen-bond acceptors (Lipinski definition) is 4. The van der Waals surface area contributed by atoms with Crippen LogP contribution in [0.5, 0.6) is 0 Å². The fourth-order valence-electron chi connectivity index (χ4n) is 1.71. The maximum absolute atomic E-state index is 9.62. The number of aliphatic hydroxyl groups is 1. The van der Waals surface area contributed by atoms with Crippen LogP contribution in [0.2, 0.25) is 0 Å². The predicted molar refractivity (Wildman–Crippen MR) is 60.4 cm³/mol. The van der Waals surface area contributed by atoms with E-state index in [2.05, 4.69) is 15.5 Å². The summed E-state index contributed by atoms with van der Waals surface area (Å²) < 4.78 is 0. The summed E-state index contributed by atoms with van der Waals surface area (Å²) in [6, 6.07) is 9.74. The average molecular weight is 215 g/mol. The highest BCUT2D eigenvalue weighted by Gasteiger charge is 2.27. The lowest BCUT2D eigenvalue weighted by atomic mass is 9.94. The van der Waals surface area contributed by atoms with Gasteiger partial charge in [0.15, 0.2) is 4.98 Å². The Morgan fingerprint density at radius 3 is 2.94 bits per heavy atom. The van der Waals surface area contributed by atoms with Crippen molar-refractivity contribution >= 4 is 5.71 Å². The molecule has 1 unspecified atom stereocenters. The molecule has 5 nitrogen and oxygen atoms in total. The van der Waals surface area contributed by atoms with Crippen LogP contribution >= 0.6 is 0 Å². The van der Waals surface area contributed by atoms with Gasteiger partial charge in [0.25, 0.3) is 0 Å². The van der Waals surface area contributed by atoms with Crippen LogP contribution in [-0.2, 0) is 0 Å². The normalized spacial score (nSPS) is 19.8. The van der Waals surface area contributed by atoms with Crippen LogP contribution in [0, 0.1) is 5.39 Å². The maximum Gasteiger partial charge on any atom is 0.393 e. The Morgan fingerprint density at radius 1 is 1.50 bits per heavy atom. The van der Waals surface area contributed by atoms with Crippen LogP contribution < -0.4 is 5.43 Å². The van der Waals surface area contributed by atoms with Crippen LogP contribution in [0.15, 0.2) is 47.4 Å². The van der Waals surface area contributed by atoms with Crippen LogP contribution in [0.1, 0.15) is 11.5 Å². The lowest BCUT2D eigenvalue weighted by Gasteiger charge is -2.09. The van der Waals surface area contributed by atoms with E-state index < -0.39 is 0 Å². The van der Waals surface area contributed by atoms with Crippen molar-refractivity contribution in [3.05, 3.63) is 52.8 Å². The van der Waals surface area contributed by atoms with Crippen molar-refractivity contribution < 1.29 is 5.11 Å². The van der Waals surface area contributed by atoms with Crippen LogP contribution in [0.25, 0.3) is 4.98 Å². The summed E-state index contributed by atoms with van der Waals surface area (Å²) in [5, 5.41) is 22.0. The summed E-state index contributed by atoms with van der Waals surface area (Å²) in [5.74, 6) is -0.138. The highest BCUT2D eigenvalue weighted by molar-refractivity contribution is 6.04. The molecule has 0 spiro atoms. The third kappa shape index (κ3) is 1.86. The molecule has 0 bridgehead atoms. The molecule has 1 aliphatic rings. The minimum absolute atomic E-state index is 0.0146. The Bertz CT molecular complexity index is 473. The molecule has 5 heteroatoms. The fraction of sp³-hybridized carbons (Fsp3) is 0.182. The Labute approximate surface area is 92.7 Å². The number of nitrogens with one attached hydrogen (secondary N) is 1. The van der Waals surface area contributed by atoms with E-state index in [9.17, 15) is 5.11 Å². The van der Waals surface area contributed by atoms with Gasteiger partial charge in [-0.1, -0.05) is 30.3 Å². The van der Waals surface area contributed by atoms with Gasteiger partial charge in [-0.2, -0.15) is 5.10 Å². The maximum atomic E-state index is 9.62. The van der Waals surface area contributed by atoms with Gasteiger partial charge in [0, 0.05) is 6.54 Å². The number of nitrogens with zero attached hydrogens (tertiary/aromatic N) is 3. The number of benzene rings is 1. The Hall–Kier alpha value is -2.35. The molecule has 1 aromatic carbocycles. The zero-order valence-electron chi connectivity index (χ0n) is 8.54. The van der Waals surface area contributed by atoms with E-state index in [1.807, 2.05) is 30.3 Å². The van der Waals surface area contributed by atoms with Crippen molar-refractivity contribution in [1.29, 1.82) is 5.39 Å². The van der Waals surface area contributed by atoms with E-state index in [1.54, 1.807) is 0 Å². The van der Waals surface area contributed by atoms with E-state index >= 15 is 0 Å². The first kappa shape index (κ1) is 10.2. The number of rotatable bonds is 2. The zero-order chi connectivity index (χ0) is 11.4. The van der Waals surface area contributed by atoms with Gasteiger partial charge in [0.1, 0.15) is 5.71 Å². The van der Waals surface area contributed by atoms with Gasteiger partial charge in [-0.3, -0.25) is 0 Å². The van der Waals surface area contributed by atoms with E-state index in [-0.39, 0.29) is 11.7 Å². The lowest BCUT2D eigenvalue weighted by molar-refractivity contribution is 0.440. The van der Waals surface area contributed by atoms with Gasteiger partial charge in [0.05, 0.1) is 5.92 Å². The Morgan fingerprint density at radius 2 is 2.25 bits per heavy atom. The molecule has 1 atom stereocenters. The highest BCUT2D eigenvalue weighted by atomic mass is 16.3. The molecule has 0 fully saturated rings. The first-order valence-corrected chi connectivity index (χ1v) is 4.92. The molecule has 0 amide bonds. The largest absolute Gasteiger partial charge is 0.500 e. The number of hydrogen-bond donors (Lipinski definition) is 2. The van der Waals surface area contributed by atoms with Crippen molar-refractivity contribution in [2.45, 2.75) is 5.92 Å². The number of aliphatic hydroxyl groups excluding tert-OH is 1. The van der Waals surface area contributed by atoms with Gasteiger partial charge in [0.2, 0.25) is 11.2 Å². The summed E-state index contributed by atoms with van der Waals surface area (Å²) in [7, 11) is 0. The number of diazo groups is 1. The molecule has 16 heavy (non-hydrogen) atoms. The van der Waals surface area contributed by atoms with Gasteiger partial charge in [-0.25, -0.2) is 0 Å². The van der Waals surface area contributed by atoms with Gasteiger partial charge in [-0.15, -0.1) is 0 Å². The van der Waals surface area contributed by atoms with Crippen molar-refractivity contribution in [1.82, 2.24) is 5.43 Å². The lowest BCUT2D eigenvalue weighted by Crippen LogP contribution is -2.15. The Balaban J connectivity index is 2.29. The topological polar surface area (TPSA) is 72.8 Å². The van der Waals surface area contributed by atoms with Crippen molar-refractivity contribution in [3.8, 4) is 0 Å². The van der Waals surface area contributed by atoms with Crippen LogP contribution in [-0.4, -0.2) is 17.4 Å². The van der Waals surface area contributed by atoms with E-state index in [0.717, 1.165) is 11.8 Å². The summed E-state index contributed by atoms with van der Waals surface area (Å²) in [5.41, 5.74) is 4.37. The minimum Gasteiger partial charge on any atom is -0.500 e.